The van der Waals surface area contributed by atoms with E-state index in [0.717, 1.165) is 10.2 Å². The van der Waals surface area contributed by atoms with Crippen molar-refractivity contribution < 1.29 is 14.3 Å². The highest BCUT2D eigenvalue weighted by atomic mass is 79.9. The molecule has 0 bridgehead atoms. The average molecular weight is 326 g/mol. The number of esters is 1. The molecule has 100 valence electrons. The number of ether oxygens (including phenoxy) is 2. The van der Waals surface area contributed by atoms with Crippen molar-refractivity contribution in [1.82, 2.24) is 14.8 Å². The van der Waals surface area contributed by atoms with Crippen LogP contribution in [0.4, 0.5) is 0 Å². The van der Waals surface area contributed by atoms with Gasteiger partial charge in [-0.1, -0.05) is 12.1 Å². The first-order chi connectivity index (χ1) is 9.20. The summed E-state index contributed by atoms with van der Waals surface area (Å²) >= 11 is 3.39. The molecule has 0 fully saturated rings. The Balaban J connectivity index is 1.88. The van der Waals surface area contributed by atoms with Gasteiger partial charge in [-0.05, 0) is 28.1 Å². The highest BCUT2D eigenvalue weighted by Gasteiger charge is 2.10. The molecule has 6 nitrogen and oxygen atoms in total. The minimum Gasteiger partial charge on any atom is -0.490 e. The fourth-order valence-electron chi connectivity index (χ4n) is 1.40. The number of rotatable bonds is 5. The maximum absolute atomic E-state index is 11.2. The molecule has 0 spiro atoms. The van der Waals surface area contributed by atoms with Crippen LogP contribution in [0.1, 0.15) is 10.6 Å². The molecular formula is C12H12BrN3O3. The Labute approximate surface area is 118 Å². The Bertz CT molecular complexity index is 571. The molecule has 0 saturated carbocycles. The molecular weight excluding hydrogens is 314 g/mol. The predicted octanol–water partition coefficient (Wildman–Crippen LogP) is 1.91. The van der Waals surface area contributed by atoms with Crippen LogP contribution in [0.5, 0.6) is 5.75 Å². The quantitative estimate of drug-likeness (QED) is 0.785. The van der Waals surface area contributed by atoms with Crippen LogP contribution in [0.15, 0.2) is 35.1 Å². The zero-order valence-corrected chi connectivity index (χ0v) is 11.8. The van der Waals surface area contributed by atoms with Gasteiger partial charge >= 0.3 is 5.97 Å². The summed E-state index contributed by atoms with van der Waals surface area (Å²) in [5, 5.41) is 3.97. The van der Waals surface area contributed by atoms with Gasteiger partial charge in [-0.15, -0.1) is 5.10 Å². The number of carbonyl (C=O) groups excluding carboxylic acids is 1. The molecule has 0 atom stereocenters. The van der Waals surface area contributed by atoms with Gasteiger partial charge in [0, 0.05) is 0 Å². The second-order valence-corrected chi connectivity index (χ2v) is 4.46. The van der Waals surface area contributed by atoms with Crippen molar-refractivity contribution in [3.63, 3.8) is 0 Å². The lowest BCUT2D eigenvalue weighted by molar-refractivity contribution is 0.0586. The van der Waals surface area contributed by atoms with Gasteiger partial charge in [0.25, 0.3) is 5.82 Å². The summed E-state index contributed by atoms with van der Waals surface area (Å²) in [6, 6.07) is 7.58. The van der Waals surface area contributed by atoms with Crippen molar-refractivity contribution in [2.45, 2.75) is 6.54 Å². The third-order valence-corrected chi connectivity index (χ3v) is 2.97. The summed E-state index contributed by atoms with van der Waals surface area (Å²) in [6.45, 7) is 0.915. The molecule has 1 aromatic carbocycles. The van der Waals surface area contributed by atoms with Crippen molar-refractivity contribution >= 4 is 21.9 Å². The molecule has 19 heavy (non-hydrogen) atoms. The van der Waals surface area contributed by atoms with Gasteiger partial charge in [0.05, 0.1) is 18.1 Å². The van der Waals surface area contributed by atoms with Crippen LogP contribution >= 0.6 is 15.9 Å². The molecule has 1 aromatic heterocycles. The Kier molecular flexibility index (Phi) is 4.51. The maximum atomic E-state index is 11.2. The van der Waals surface area contributed by atoms with Crippen LogP contribution in [0.3, 0.4) is 0 Å². The standard InChI is InChI=1S/C12H12BrN3O3/c1-18-12(17)11-14-8-16(15-11)6-7-19-10-5-3-2-4-9(10)13/h2-5,8H,6-7H2,1H3. The van der Waals surface area contributed by atoms with Gasteiger partial charge in [-0.25, -0.2) is 14.5 Å². The summed E-state index contributed by atoms with van der Waals surface area (Å²) in [6.07, 6.45) is 1.47. The minimum absolute atomic E-state index is 0.0448. The number of halogens is 1. The number of nitrogens with zero attached hydrogens (tertiary/aromatic N) is 3. The lowest BCUT2D eigenvalue weighted by Gasteiger charge is -2.07. The zero-order valence-electron chi connectivity index (χ0n) is 10.2. The number of aromatic nitrogens is 3. The first kappa shape index (κ1) is 13.5. The molecule has 2 aromatic rings. The molecule has 0 unspecified atom stereocenters. The van der Waals surface area contributed by atoms with E-state index in [2.05, 4.69) is 30.7 Å². The Morgan fingerprint density at radius 2 is 2.21 bits per heavy atom. The van der Waals surface area contributed by atoms with Gasteiger partial charge in [0.15, 0.2) is 0 Å². The minimum atomic E-state index is -0.550. The maximum Gasteiger partial charge on any atom is 0.377 e. The lowest BCUT2D eigenvalue weighted by Crippen LogP contribution is -2.10. The lowest BCUT2D eigenvalue weighted by atomic mass is 10.3. The van der Waals surface area contributed by atoms with Crippen LogP contribution in [-0.4, -0.2) is 34.5 Å². The SMILES string of the molecule is COC(=O)c1ncn(CCOc2ccccc2Br)n1. The van der Waals surface area contributed by atoms with Gasteiger partial charge in [0.2, 0.25) is 0 Å². The zero-order chi connectivity index (χ0) is 13.7. The summed E-state index contributed by atoms with van der Waals surface area (Å²) < 4.78 is 12.5. The molecule has 0 aliphatic heterocycles. The first-order valence-corrected chi connectivity index (χ1v) is 6.35. The van der Waals surface area contributed by atoms with Crippen LogP contribution in [0, 0.1) is 0 Å². The summed E-state index contributed by atoms with van der Waals surface area (Å²) in [5.41, 5.74) is 0. The van der Waals surface area contributed by atoms with Crippen molar-refractivity contribution in [2.24, 2.45) is 0 Å². The van der Waals surface area contributed by atoms with E-state index in [9.17, 15) is 4.79 Å². The highest BCUT2D eigenvalue weighted by Crippen LogP contribution is 2.23. The van der Waals surface area contributed by atoms with Crippen molar-refractivity contribution in [1.29, 1.82) is 0 Å². The van der Waals surface area contributed by atoms with E-state index < -0.39 is 5.97 Å². The Hall–Kier alpha value is -1.89. The fraction of sp³-hybridized carbons (Fsp3) is 0.250. The van der Waals surface area contributed by atoms with Gasteiger partial charge in [-0.3, -0.25) is 0 Å². The first-order valence-electron chi connectivity index (χ1n) is 5.56. The third-order valence-electron chi connectivity index (χ3n) is 2.32. The van der Waals surface area contributed by atoms with Crippen molar-refractivity contribution in [3.8, 4) is 5.75 Å². The van der Waals surface area contributed by atoms with E-state index in [0.29, 0.717) is 13.2 Å². The largest absolute Gasteiger partial charge is 0.490 e. The summed E-state index contributed by atoms with van der Waals surface area (Å²) in [5.74, 6) is 0.254. The number of methoxy groups -OCH3 is 1. The van der Waals surface area contributed by atoms with Gasteiger partial charge in [-0.2, -0.15) is 0 Å². The van der Waals surface area contributed by atoms with E-state index in [1.54, 1.807) is 0 Å². The summed E-state index contributed by atoms with van der Waals surface area (Å²) in [7, 11) is 1.29. The highest BCUT2D eigenvalue weighted by molar-refractivity contribution is 9.10. The Morgan fingerprint density at radius 1 is 1.42 bits per heavy atom. The molecule has 7 heteroatoms. The normalized spacial score (nSPS) is 10.2. The Morgan fingerprint density at radius 3 is 2.95 bits per heavy atom. The van der Waals surface area contributed by atoms with Crippen LogP contribution in [-0.2, 0) is 11.3 Å². The van der Waals surface area contributed by atoms with E-state index in [1.807, 2.05) is 24.3 Å². The molecule has 0 saturated heterocycles. The van der Waals surface area contributed by atoms with E-state index >= 15 is 0 Å². The third kappa shape index (κ3) is 3.54. The monoisotopic (exact) mass is 325 g/mol. The van der Waals surface area contributed by atoms with Gasteiger partial charge < -0.3 is 9.47 Å². The van der Waals surface area contributed by atoms with Crippen LogP contribution in [0.2, 0.25) is 0 Å². The fourth-order valence-corrected chi connectivity index (χ4v) is 1.80. The van der Waals surface area contributed by atoms with Crippen LogP contribution in [0.25, 0.3) is 0 Å². The van der Waals surface area contributed by atoms with Crippen LogP contribution < -0.4 is 4.74 Å². The number of hydrogen-bond acceptors (Lipinski definition) is 5. The summed E-state index contributed by atoms with van der Waals surface area (Å²) in [4.78, 5) is 15.0. The average Bonchev–Trinajstić information content (AvgIpc) is 2.89. The number of hydrogen-bond donors (Lipinski definition) is 0. The second kappa shape index (κ2) is 6.33. The molecule has 0 radical (unpaired) electrons. The predicted molar refractivity (Wildman–Crippen MR) is 71.0 cm³/mol. The van der Waals surface area contributed by atoms with E-state index in [1.165, 1.54) is 18.1 Å². The molecule has 0 aliphatic carbocycles. The van der Waals surface area contributed by atoms with E-state index in [4.69, 9.17) is 4.74 Å². The topological polar surface area (TPSA) is 66.2 Å². The molecule has 0 N–H and O–H groups in total. The molecule has 1 heterocycles. The smallest absolute Gasteiger partial charge is 0.377 e. The van der Waals surface area contributed by atoms with Crippen molar-refractivity contribution in [2.75, 3.05) is 13.7 Å². The number of benzene rings is 1. The second-order valence-electron chi connectivity index (χ2n) is 3.60. The van der Waals surface area contributed by atoms with Gasteiger partial charge in [0.1, 0.15) is 18.7 Å². The molecule has 2 rings (SSSR count). The number of para-hydroxylation sites is 1. The van der Waals surface area contributed by atoms with E-state index in [-0.39, 0.29) is 5.82 Å². The molecule has 0 amide bonds. The molecule has 0 aliphatic rings. The number of carbonyl (C=O) groups is 1. The van der Waals surface area contributed by atoms with Crippen molar-refractivity contribution in [3.05, 3.63) is 40.9 Å².